The van der Waals surface area contributed by atoms with Crippen molar-refractivity contribution >= 4 is 32.7 Å². The van der Waals surface area contributed by atoms with Crippen LogP contribution in [0.1, 0.15) is 0 Å². The third-order valence-electron chi connectivity index (χ3n) is 9.92. The minimum atomic E-state index is 0.584. The number of fused-ring (bicyclic) bond motifs is 4. The molecule has 0 bridgehead atoms. The highest BCUT2D eigenvalue weighted by Crippen LogP contribution is 2.41. The van der Waals surface area contributed by atoms with Crippen molar-refractivity contribution in [3.05, 3.63) is 188 Å². The van der Waals surface area contributed by atoms with Gasteiger partial charge in [0.25, 0.3) is 0 Å². The van der Waals surface area contributed by atoms with E-state index in [0.29, 0.717) is 17.5 Å². The zero-order valence-corrected chi connectivity index (χ0v) is 28.6. The predicted octanol–water partition coefficient (Wildman–Crippen LogP) is 12.9. The normalized spacial score (nSPS) is 11.4. The van der Waals surface area contributed by atoms with Gasteiger partial charge in [0.2, 0.25) is 0 Å². The van der Waals surface area contributed by atoms with Crippen molar-refractivity contribution in [3.8, 4) is 67.5 Å². The molecule has 2 heterocycles. The highest BCUT2D eigenvalue weighted by atomic mass is 16.3. The Balaban J connectivity index is 1.24. The fraction of sp³-hybridized carbons (Fsp3) is 0. The highest BCUT2D eigenvalue weighted by molar-refractivity contribution is 6.13. The molecule has 0 amide bonds. The monoisotopic (exact) mass is 677 g/mol. The van der Waals surface area contributed by atoms with Crippen molar-refractivity contribution in [1.29, 1.82) is 0 Å². The lowest BCUT2D eigenvalue weighted by Gasteiger charge is -2.13. The molecule has 0 aliphatic heterocycles. The Morgan fingerprint density at radius 2 is 0.849 bits per heavy atom. The van der Waals surface area contributed by atoms with Crippen molar-refractivity contribution in [2.45, 2.75) is 0 Å². The second kappa shape index (κ2) is 12.9. The van der Waals surface area contributed by atoms with Crippen molar-refractivity contribution in [3.63, 3.8) is 0 Å². The largest absolute Gasteiger partial charge is 0.456 e. The van der Waals surface area contributed by atoms with Gasteiger partial charge in [0.1, 0.15) is 11.2 Å². The van der Waals surface area contributed by atoms with Crippen LogP contribution in [0.25, 0.3) is 100 Å². The van der Waals surface area contributed by atoms with Crippen LogP contribution in [-0.2, 0) is 0 Å². The van der Waals surface area contributed by atoms with Crippen LogP contribution < -0.4 is 0 Å². The lowest BCUT2D eigenvalue weighted by Crippen LogP contribution is -2.01. The van der Waals surface area contributed by atoms with Crippen molar-refractivity contribution in [2.75, 3.05) is 0 Å². The molecule has 248 valence electrons. The van der Waals surface area contributed by atoms with E-state index in [1.165, 1.54) is 5.56 Å². The second-order valence-corrected chi connectivity index (χ2v) is 13.2. The molecule has 2 aromatic heterocycles. The summed E-state index contributed by atoms with van der Waals surface area (Å²) in [6.45, 7) is 0. The van der Waals surface area contributed by atoms with E-state index in [0.717, 1.165) is 77.2 Å². The van der Waals surface area contributed by atoms with E-state index in [1.54, 1.807) is 0 Å². The highest BCUT2D eigenvalue weighted by Gasteiger charge is 2.21. The minimum absolute atomic E-state index is 0.584. The van der Waals surface area contributed by atoms with E-state index < -0.39 is 0 Å². The van der Waals surface area contributed by atoms with Crippen molar-refractivity contribution < 1.29 is 4.42 Å². The van der Waals surface area contributed by atoms with Gasteiger partial charge in [0.15, 0.2) is 17.5 Å². The summed E-state index contributed by atoms with van der Waals surface area (Å²) < 4.78 is 6.51. The molecular formula is C49H31N3O. The lowest BCUT2D eigenvalue weighted by atomic mass is 9.97. The number of hydrogen-bond donors (Lipinski definition) is 0. The van der Waals surface area contributed by atoms with Gasteiger partial charge < -0.3 is 4.42 Å². The van der Waals surface area contributed by atoms with Gasteiger partial charge in [-0.25, -0.2) is 15.0 Å². The van der Waals surface area contributed by atoms with Crippen LogP contribution in [0.4, 0.5) is 0 Å². The second-order valence-electron chi connectivity index (χ2n) is 13.2. The first kappa shape index (κ1) is 30.6. The predicted molar refractivity (Wildman–Crippen MR) is 217 cm³/mol. The quantitative estimate of drug-likeness (QED) is 0.176. The molecule has 10 rings (SSSR count). The molecule has 10 aromatic rings. The van der Waals surface area contributed by atoms with Crippen molar-refractivity contribution in [2.24, 2.45) is 0 Å². The van der Waals surface area contributed by atoms with Crippen LogP contribution >= 0.6 is 0 Å². The Morgan fingerprint density at radius 3 is 1.58 bits per heavy atom. The summed E-state index contributed by atoms with van der Waals surface area (Å²) in [5.74, 6) is 1.79. The molecule has 0 saturated heterocycles. The fourth-order valence-electron chi connectivity index (χ4n) is 7.32. The molecule has 53 heavy (non-hydrogen) atoms. The third kappa shape index (κ3) is 5.63. The molecule has 0 fully saturated rings. The van der Waals surface area contributed by atoms with E-state index in [2.05, 4.69) is 146 Å². The minimum Gasteiger partial charge on any atom is -0.456 e. The number of para-hydroxylation sites is 1. The molecule has 8 aromatic carbocycles. The molecule has 0 spiro atoms. The Kier molecular flexibility index (Phi) is 7.43. The first-order chi connectivity index (χ1) is 26.2. The Labute approximate surface area is 306 Å². The van der Waals surface area contributed by atoms with Gasteiger partial charge in [0, 0.05) is 27.5 Å². The van der Waals surface area contributed by atoms with Crippen molar-refractivity contribution in [1.82, 2.24) is 15.0 Å². The number of rotatable bonds is 6. The van der Waals surface area contributed by atoms with Crippen LogP contribution in [0.3, 0.4) is 0 Å². The number of nitrogens with zero attached hydrogens (tertiary/aromatic N) is 3. The van der Waals surface area contributed by atoms with Crippen LogP contribution in [0.2, 0.25) is 0 Å². The van der Waals surface area contributed by atoms with Gasteiger partial charge in [-0.15, -0.1) is 0 Å². The summed E-state index contributed by atoms with van der Waals surface area (Å²) in [6, 6.07) is 65.1. The van der Waals surface area contributed by atoms with Gasteiger partial charge in [-0.3, -0.25) is 0 Å². The first-order valence-corrected chi connectivity index (χ1v) is 17.8. The maximum Gasteiger partial charge on any atom is 0.164 e. The Hall–Kier alpha value is -7.17. The lowest BCUT2D eigenvalue weighted by molar-refractivity contribution is 0.669. The van der Waals surface area contributed by atoms with E-state index in [9.17, 15) is 0 Å². The summed E-state index contributed by atoms with van der Waals surface area (Å²) in [6.07, 6.45) is 0. The summed E-state index contributed by atoms with van der Waals surface area (Å²) in [5, 5.41) is 4.26. The number of furan rings is 1. The third-order valence-corrected chi connectivity index (χ3v) is 9.92. The SMILES string of the molecule is c1ccc(-c2ccc3ccc(-c4nc(-c5ccccc5-c5ccccc5)nc(-c5cc(-c6ccccc6)cc6oc7ccccc7c56)n4)cc3c2)cc1. The van der Waals surface area contributed by atoms with Gasteiger partial charge in [-0.1, -0.05) is 158 Å². The maximum absolute atomic E-state index is 6.51. The summed E-state index contributed by atoms with van der Waals surface area (Å²) in [4.78, 5) is 15.8. The fourth-order valence-corrected chi connectivity index (χ4v) is 7.32. The molecule has 0 saturated carbocycles. The van der Waals surface area contributed by atoms with Gasteiger partial charge >= 0.3 is 0 Å². The topological polar surface area (TPSA) is 51.8 Å². The zero-order valence-electron chi connectivity index (χ0n) is 28.6. The first-order valence-electron chi connectivity index (χ1n) is 17.8. The maximum atomic E-state index is 6.51. The molecular weight excluding hydrogens is 647 g/mol. The summed E-state index contributed by atoms with van der Waals surface area (Å²) in [5.41, 5.74) is 11.0. The average Bonchev–Trinajstić information content (AvgIpc) is 3.62. The smallest absolute Gasteiger partial charge is 0.164 e. The van der Waals surface area contributed by atoms with E-state index in [1.807, 2.05) is 42.5 Å². The molecule has 0 radical (unpaired) electrons. The standard InChI is InChI=1S/C49H31N3O/c1-4-14-32(15-5-1)36-26-24-34-25-27-37(29-38(34)28-36)47-50-48(41-21-11-10-20-40(41)35-18-8-3-9-19-35)52-49(51-47)43-30-39(33-16-6-2-7-17-33)31-45-46(43)42-22-12-13-23-44(42)53-45/h1-31H. The average molecular weight is 678 g/mol. The van der Waals surface area contributed by atoms with Gasteiger partial charge in [0.05, 0.1) is 0 Å². The molecule has 0 atom stereocenters. The molecule has 4 heteroatoms. The van der Waals surface area contributed by atoms with E-state index in [4.69, 9.17) is 19.4 Å². The Bertz CT molecular complexity index is 2940. The zero-order chi connectivity index (χ0) is 35.1. The van der Waals surface area contributed by atoms with Crippen LogP contribution in [0, 0.1) is 0 Å². The Morgan fingerprint density at radius 1 is 0.302 bits per heavy atom. The molecule has 0 aliphatic rings. The summed E-state index contributed by atoms with van der Waals surface area (Å²) in [7, 11) is 0. The number of hydrogen-bond acceptors (Lipinski definition) is 4. The molecule has 0 unspecified atom stereocenters. The van der Waals surface area contributed by atoms with Gasteiger partial charge in [-0.2, -0.15) is 0 Å². The van der Waals surface area contributed by atoms with Gasteiger partial charge in [-0.05, 0) is 74.5 Å². The molecule has 0 aliphatic carbocycles. The van der Waals surface area contributed by atoms with E-state index >= 15 is 0 Å². The van der Waals surface area contributed by atoms with Crippen LogP contribution in [0.15, 0.2) is 192 Å². The van der Waals surface area contributed by atoms with Crippen LogP contribution in [-0.4, -0.2) is 15.0 Å². The molecule has 0 N–H and O–H groups in total. The number of aromatic nitrogens is 3. The van der Waals surface area contributed by atoms with E-state index in [-0.39, 0.29) is 0 Å². The molecule has 4 nitrogen and oxygen atoms in total. The summed E-state index contributed by atoms with van der Waals surface area (Å²) >= 11 is 0. The number of benzene rings is 8. The van der Waals surface area contributed by atoms with Crippen LogP contribution in [0.5, 0.6) is 0 Å².